The Kier molecular flexibility index (Phi) is 4.08. The van der Waals surface area contributed by atoms with Crippen LogP contribution in [0.2, 0.25) is 0 Å². The molecule has 17 heavy (non-hydrogen) atoms. The van der Waals surface area contributed by atoms with Crippen molar-refractivity contribution in [2.24, 2.45) is 16.8 Å². The minimum atomic E-state index is -0.697. The van der Waals surface area contributed by atoms with Crippen molar-refractivity contribution in [3.8, 4) is 0 Å². The topological polar surface area (TPSA) is 114 Å². The second kappa shape index (κ2) is 5.33. The largest absolute Gasteiger partial charge is 0.444 e. The van der Waals surface area contributed by atoms with Gasteiger partial charge in [-0.15, -0.1) is 0 Å². The first-order chi connectivity index (χ1) is 7.95. The maximum Gasteiger partial charge on any atom is 0.230 e. The first kappa shape index (κ1) is 13.0. The number of hydrogen-bond acceptors (Lipinski definition) is 5. The number of oxime groups is 1. The summed E-state index contributed by atoms with van der Waals surface area (Å²) in [6.07, 6.45) is 0. The second-order valence-corrected chi connectivity index (χ2v) is 3.71. The monoisotopic (exact) mass is 240 g/mol. The molecule has 0 spiro atoms. The lowest BCUT2D eigenvalue weighted by Gasteiger charge is -2.08. The normalized spacial score (nSPS) is 13.5. The first-order valence-electron chi connectivity index (χ1n) is 5.13. The third-order valence-corrected chi connectivity index (χ3v) is 2.44. The number of carbonyl (C=O) groups is 1. The maximum absolute atomic E-state index is 11.6. The van der Waals surface area contributed by atoms with E-state index in [9.17, 15) is 4.79 Å². The van der Waals surface area contributed by atoms with Gasteiger partial charge in [-0.25, -0.2) is 4.98 Å². The molecule has 0 bridgehead atoms. The number of rotatable bonds is 4. The molecule has 0 aromatic carbocycles. The SMILES string of the molecule is Cc1nc(CNC(=O)C(C)C(N)=NO)oc1C. The molecule has 0 saturated carbocycles. The summed E-state index contributed by atoms with van der Waals surface area (Å²) < 4.78 is 5.29. The number of aryl methyl sites for hydroxylation is 2. The molecule has 7 nitrogen and oxygen atoms in total. The van der Waals surface area contributed by atoms with Crippen molar-refractivity contribution >= 4 is 11.7 Å². The lowest BCUT2D eigenvalue weighted by molar-refractivity contribution is -0.122. The van der Waals surface area contributed by atoms with Crippen LogP contribution < -0.4 is 11.1 Å². The van der Waals surface area contributed by atoms with Gasteiger partial charge in [-0.05, 0) is 20.8 Å². The Hall–Kier alpha value is -2.05. The molecular weight excluding hydrogens is 224 g/mol. The van der Waals surface area contributed by atoms with Gasteiger partial charge in [0.1, 0.15) is 5.76 Å². The fraction of sp³-hybridized carbons (Fsp3) is 0.500. The van der Waals surface area contributed by atoms with Crippen LogP contribution in [-0.4, -0.2) is 21.9 Å². The number of nitrogens with one attached hydrogen (secondary N) is 1. The highest BCUT2D eigenvalue weighted by atomic mass is 16.4. The van der Waals surface area contributed by atoms with E-state index in [4.69, 9.17) is 15.4 Å². The summed E-state index contributed by atoms with van der Waals surface area (Å²) >= 11 is 0. The molecule has 1 atom stereocenters. The summed E-state index contributed by atoms with van der Waals surface area (Å²) in [5.41, 5.74) is 6.11. The lowest BCUT2D eigenvalue weighted by Crippen LogP contribution is -2.36. The van der Waals surface area contributed by atoms with E-state index < -0.39 is 5.92 Å². The number of carbonyl (C=O) groups excluding carboxylic acids is 1. The zero-order chi connectivity index (χ0) is 13.0. The van der Waals surface area contributed by atoms with Crippen LogP contribution >= 0.6 is 0 Å². The average molecular weight is 240 g/mol. The highest BCUT2D eigenvalue weighted by Gasteiger charge is 2.17. The quantitative estimate of drug-likeness (QED) is 0.303. The predicted molar refractivity (Wildman–Crippen MR) is 60.4 cm³/mol. The van der Waals surface area contributed by atoms with E-state index in [0.29, 0.717) is 5.89 Å². The molecule has 1 heterocycles. The molecule has 0 saturated heterocycles. The van der Waals surface area contributed by atoms with Crippen LogP contribution in [0.5, 0.6) is 0 Å². The molecule has 0 radical (unpaired) electrons. The van der Waals surface area contributed by atoms with E-state index in [1.807, 2.05) is 6.92 Å². The van der Waals surface area contributed by atoms with E-state index in [1.54, 1.807) is 6.92 Å². The van der Waals surface area contributed by atoms with Crippen LogP contribution in [-0.2, 0) is 11.3 Å². The van der Waals surface area contributed by atoms with Crippen molar-refractivity contribution in [2.75, 3.05) is 0 Å². The van der Waals surface area contributed by atoms with Crippen LogP contribution in [0.1, 0.15) is 24.3 Å². The van der Waals surface area contributed by atoms with Gasteiger partial charge in [-0.3, -0.25) is 4.79 Å². The van der Waals surface area contributed by atoms with E-state index in [-0.39, 0.29) is 18.3 Å². The predicted octanol–water partition coefficient (Wildman–Crippen LogP) is 0.290. The minimum Gasteiger partial charge on any atom is -0.444 e. The fourth-order valence-electron chi connectivity index (χ4n) is 1.15. The molecule has 4 N–H and O–H groups in total. The first-order valence-corrected chi connectivity index (χ1v) is 5.13. The molecule has 1 rings (SSSR count). The zero-order valence-corrected chi connectivity index (χ0v) is 10.0. The summed E-state index contributed by atoms with van der Waals surface area (Å²) in [4.78, 5) is 15.7. The Morgan fingerprint density at radius 2 is 2.29 bits per heavy atom. The van der Waals surface area contributed by atoms with Crippen molar-refractivity contribution in [1.29, 1.82) is 0 Å². The summed E-state index contributed by atoms with van der Waals surface area (Å²) in [7, 11) is 0. The van der Waals surface area contributed by atoms with Gasteiger partial charge in [0.15, 0.2) is 5.84 Å². The summed E-state index contributed by atoms with van der Waals surface area (Å²) in [6.45, 7) is 5.34. The van der Waals surface area contributed by atoms with Crippen molar-refractivity contribution in [1.82, 2.24) is 10.3 Å². The van der Waals surface area contributed by atoms with Crippen molar-refractivity contribution in [3.63, 3.8) is 0 Å². The summed E-state index contributed by atoms with van der Waals surface area (Å²) in [5.74, 6) is -0.0352. The fourth-order valence-corrected chi connectivity index (χ4v) is 1.15. The average Bonchev–Trinajstić information content (AvgIpc) is 2.63. The molecule has 0 aliphatic heterocycles. The van der Waals surface area contributed by atoms with Crippen LogP contribution in [0.4, 0.5) is 0 Å². The number of aromatic nitrogens is 1. The molecule has 0 fully saturated rings. The smallest absolute Gasteiger partial charge is 0.230 e. The van der Waals surface area contributed by atoms with Gasteiger partial charge in [0, 0.05) is 0 Å². The highest BCUT2D eigenvalue weighted by molar-refractivity contribution is 6.01. The highest BCUT2D eigenvalue weighted by Crippen LogP contribution is 2.08. The third kappa shape index (κ3) is 3.20. The Bertz CT molecular complexity index is 419. The number of amides is 1. The lowest BCUT2D eigenvalue weighted by atomic mass is 10.1. The van der Waals surface area contributed by atoms with Gasteiger partial charge in [0.2, 0.25) is 11.8 Å². The number of nitrogens with two attached hydrogens (primary N) is 1. The Labute approximate surface area is 98.7 Å². The van der Waals surface area contributed by atoms with Gasteiger partial charge in [0.05, 0.1) is 18.2 Å². The maximum atomic E-state index is 11.6. The minimum absolute atomic E-state index is 0.137. The molecule has 0 aliphatic carbocycles. The van der Waals surface area contributed by atoms with Crippen LogP contribution in [0.15, 0.2) is 9.57 Å². The number of hydrogen-bond donors (Lipinski definition) is 3. The van der Waals surface area contributed by atoms with E-state index in [2.05, 4.69) is 15.5 Å². The molecular formula is C10H16N4O3. The molecule has 94 valence electrons. The summed E-state index contributed by atoms with van der Waals surface area (Å²) in [6, 6.07) is 0. The van der Waals surface area contributed by atoms with Crippen molar-refractivity contribution in [3.05, 3.63) is 17.3 Å². The third-order valence-electron chi connectivity index (χ3n) is 2.44. The van der Waals surface area contributed by atoms with Crippen LogP contribution in [0, 0.1) is 19.8 Å². The van der Waals surface area contributed by atoms with Crippen LogP contribution in [0.3, 0.4) is 0 Å². The Balaban J connectivity index is 2.54. The van der Waals surface area contributed by atoms with Crippen LogP contribution in [0.25, 0.3) is 0 Å². The van der Waals surface area contributed by atoms with Gasteiger partial charge in [-0.2, -0.15) is 0 Å². The van der Waals surface area contributed by atoms with Crippen molar-refractivity contribution in [2.45, 2.75) is 27.3 Å². The van der Waals surface area contributed by atoms with E-state index in [1.165, 1.54) is 6.92 Å². The Morgan fingerprint density at radius 1 is 1.65 bits per heavy atom. The van der Waals surface area contributed by atoms with Gasteiger partial charge >= 0.3 is 0 Å². The van der Waals surface area contributed by atoms with Crippen molar-refractivity contribution < 1.29 is 14.4 Å². The number of amidine groups is 1. The standard InChI is InChI=1S/C10H16N4O3/c1-5(9(11)14-16)10(15)12-4-8-13-6(2)7(3)17-8/h5,16H,4H2,1-3H3,(H2,11,14)(H,12,15). The van der Waals surface area contributed by atoms with E-state index >= 15 is 0 Å². The molecule has 1 aromatic rings. The molecule has 1 aromatic heterocycles. The van der Waals surface area contributed by atoms with Gasteiger partial charge in [0.25, 0.3) is 0 Å². The molecule has 7 heteroatoms. The molecule has 1 amide bonds. The van der Waals surface area contributed by atoms with Gasteiger partial charge in [-0.1, -0.05) is 5.16 Å². The zero-order valence-electron chi connectivity index (χ0n) is 10.0. The Morgan fingerprint density at radius 3 is 2.76 bits per heavy atom. The van der Waals surface area contributed by atoms with E-state index in [0.717, 1.165) is 11.5 Å². The number of oxazole rings is 1. The molecule has 0 aliphatic rings. The number of nitrogens with zero attached hydrogens (tertiary/aromatic N) is 2. The second-order valence-electron chi connectivity index (χ2n) is 3.71. The molecule has 1 unspecified atom stereocenters. The van der Waals surface area contributed by atoms with Gasteiger partial charge < -0.3 is 20.7 Å². The summed E-state index contributed by atoms with van der Waals surface area (Å²) in [5, 5.41) is 13.8.